The Kier molecular flexibility index (Phi) is 4.21. The van der Waals surface area contributed by atoms with Crippen LogP contribution in [0, 0.1) is 0 Å². The van der Waals surface area contributed by atoms with E-state index in [4.69, 9.17) is 4.74 Å². The molecule has 0 aliphatic carbocycles. The van der Waals surface area contributed by atoms with Crippen LogP contribution in [0.15, 0.2) is 0 Å². The summed E-state index contributed by atoms with van der Waals surface area (Å²) in [7, 11) is 0. The van der Waals surface area contributed by atoms with Crippen LogP contribution in [0.3, 0.4) is 0 Å². The van der Waals surface area contributed by atoms with E-state index in [1.807, 2.05) is 0 Å². The molecular formula is C8H13F2NO3. The number of hydrogen-bond donors (Lipinski definition) is 1. The summed E-state index contributed by atoms with van der Waals surface area (Å²) in [5.74, 6) is -0.409. The molecule has 1 rings (SSSR count). The fraction of sp³-hybridized carbons (Fsp3) is 0.875. The molecule has 1 saturated heterocycles. The summed E-state index contributed by atoms with van der Waals surface area (Å²) in [5, 5.41) is 2.76. The zero-order valence-corrected chi connectivity index (χ0v) is 7.83. The molecular weight excluding hydrogens is 196 g/mol. The van der Waals surface area contributed by atoms with Crippen molar-refractivity contribution in [3.05, 3.63) is 0 Å². The molecule has 0 unspecified atom stereocenters. The maximum atomic E-state index is 11.8. The van der Waals surface area contributed by atoms with Crippen LogP contribution in [0.2, 0.25) is 0 Å². The van der Waals surface area contributed by atoms with Crippen LogP contribution in [-0.2, 0) is 14.3 Å². The number of carbonyl (C=O) groups excluding carboxylic acids is 1. The predicted molar refractivity (Wildman–Crippen MR) is 43.9 cm³/mol. The molecule has 0 amide bonds. The van der Waals surface area contributed by atoms with Crippen LogP contribution in [0.5, 0.6) is 0 Å². The van der Waals surface area contributed by atoms with Gasteiger partial charge >= 0.3 is 12.6 Å². The SMILES string of the molecule is CCOC(=O)[C@H]1C[C@@H](OC(F)F)CN1. The van der Waals surface area contributed by atoms with Crippen molar-refractivity contribution in [1.82, 2.24) is 5.32 Å². The first kappa shape index (κ1) is 11.3. The molecule has 1 aliphatic rings. The van der Waals surface area contributed by atoms with Gasteiger partial charge in [-0.3, -0.25) is 4.79 Å². The van der Waals surface area contributed by atoms with E-state index in [9.17, 15) is 13.6 Å². The highest BCUT2D eigenvalue weighted by molar-refractivity contribution is 5.76. The lowest BCUT2D eigenvalue weighted by atomic mass is 10.2. The largest absolute Gasteiger partial charge is 0.465 e. The van der Waals surface area contributed by atoms with Crippen molar-refractivity contribution in [3.8, 4) is 0 Å². The average molecular weight is 209 g/mol. The summed E-state index contributed by atoms with van der Waals surface area (Å²) in [6, 6.07) is -0.515. The molecule has 0 radical (unpaired) electrons. The first-order valence-corrected chi connectivity index (χ1v) is 4.47. The van der Waals surface area contributed by atoms with Crippen molar-refractivity contribution in [2.24, 2.45) is 0 Å². The van der Waals surface area contributed by atoms with Crippen LogP contribution in [-0.4, -0.2) is 37.9 Å². The Morgan fingerprint density at radius 2 is 2.36 bits per heavy atom. The molecule has 1 N–H and O–H groups in total. The van der Waals surface area contributed by atoms with Gasteiger partial charge in [-0.2, -0.15) is 8.78 Å². The normalized spacial score (nSPS) is 26.9. The molecule has 1 aliphatic heterocycles. The molecule has 4 nitrogen and oxygen atoms in total. The number of alkyl halides is 2. The number of nitrogens with one attached hydrogen (secondary N) is 1. The summed E-state index contributed by atoms with van der Waals surface area (Å²) in [4.78, 5) is 11.1. The van der Waals surface area contributed by atoms with Gasteiger partial charge in [0.25, 0.3) is 0 Å². The third-order valence-electron chi connectivity index (χ3n) is 1.96. The van der Waals surface area contributed by atoms with Gasteiger partial charge in [-0.15, -0.1) is 0 Å². The van der Waals surface area contributed by atoms with E-state index in [-0.39, 0.29) is 19.6 Å². The van der Waals surface area contributed by atoms with E-state index >= 15 is 0 Å². The lowest BCUT2D eigenvalue weighted by Gasteiger charge is -2.09. The molecule has 82 valence electrons. The average Bonchev–Trinajstić information content (AvgIpc) is 2.52. The van der Waals surface area contributed by atoms with Gasteiger partial charge in [0.2, 0.25) is 0 Å². The third kappa shape index (κ3) is 3.19. The smallest absolute Gasteiger partial charge is 0.345 e. The predicted octanol–water partition coefficient (Wildman–Crippen LogP) is 0.519. The number of ether oxygens (including phenoxy) is 2. The fourth-order valence-corrected chi connectivity index (χ4v) is 1.37. The van der Waals surface area contributed by atoms with Gasteiger partial charge in [-0.1, -0.05) is 0 Å². The number of rotatable bonds is 4. The quantitative estimate of drug-likeness (QED) is 0.686. The molecule has 1 heterocycles. The Balaban J connectivity index is 2.29. The summed E-state index contributed by atoms with van der Waals surface area (Å²) in [5.41, 5.74) is 0. The highest BCUT2D eigenvalue weighted by atomic mass is 19.3. The zero-order valence-electron chi connectivity index (χ0n) is 7.83. The van der Waals surface area contributed by atoms with E-state index in [1.54, 1.807) is 6.92 Å². The van der Waals surface area contributed by atoms with Gasteiger partial charge in [0.15, 0.2) is 0 Å². The standard InChI is InChI=1S/C8H13F2NO3/c1-2-13-7(12)6-3-5(4-11-6)14-8(9)10/h5-6,8,11H,2-4H2,1H3/t5-,6-/m1/s1. The fourth-order valence-electron chi connectivity index (χ4n) is 1.37. The molecule has 1 fully saturated rings. The van der Waals surface area contributed by atoms with E-state index in [2.05, 4.69) is 10.1 Å². The second kappa shape index (κ2) is 5.21. The van der Waals surface area contributed by atoms with Gasteiger partial charge < -0.3 is 14.8 Å². The summed E-state index contributed by atoms with van der Waals surface area (Å²) in [6.07, 6.45) is -0.368. The molecule has 0 aromatic rings. The molecule has 0 aromatic heterocycles. The van der Waals surface area contributed by atoms with Gasteiger partial charge in [0.1, 0.15) is 6.04 Å². The number of esters is 1. The van der Waals surface area contributed by atoms with Crippen LogP contribution in [0.25, 0.3) is 0 Å². The Labute approximate surface area is 80.6 Å². The monoisotopic (exact) mass is 209 g/mol. The van der Waals surface area contributed by atoms with Gasteiger partial charge in [-0.05, 0) is 6.92 Å². The van der Waals surface area contributed by atoms with Crippen molar-refractivity contribution >= 4 is 5.97 Å². The first-order valence-electron chi connectivity index (χ1n) is 4.47. The van der Waals surface area contributed by atoms with Gasteiger partial charge in [0, 0.05) is 13.0 Å². The minimum absolute atomic E-state index is 0.239. The van der Waals surface area contributed by atoms with E-state index in [0.29, 0.717) is 0 Å². The number of halogens is 2. The minimum atomic E-state index is -2.79. The Bertz CT molecular complexity index is 201. The molecule has 0 bridgehead atoms. The van der Waals surface area contributed by atoms with Crippen molar-refractivity contribution in [3.63, 3.8) is 0 Å². The highest BCUT2D eigenvalue weighted by Crippen LogP contribution is 2.14. The molecule has 0 spiro atoms. The summed E-state index contributed by atoms with van der Waals surface area (Å²) in [6.45, 7) is -0.548. The maximum absolute atomic E-state index is 11.8. The van der Waals surface area contributed by atoms with Gasteiger partial charge in [0.05, 0.1) is 12.7 Å². The lowest BCUT2D eigenvalue weighted by Crippen LogP contribution is -2.32. The van der Waals surface area contributed by atoms with Crippen LogP contribution < -0.4 is 5.32 Å². The second-order valence-corrected chi connectivity index (χ2v) is 2.97. The molecule has 14 heavy (non-hydrogen) atoms. The zero-order chi connectivity index (χ0) is 10.6. The van der Waals surface area contributed by atoms with E-state index in [0.717, 1.165) is 0 Å². The third-order valence-corrected chi connectivity index (χ3v) is 1.96. The molecule has 0 aromatic carbocycles. The van der Waals surface area contributed by atoms with Crippen molar-refractivity contribution in [2.75, 3.05) is 13.2 Å². The van der Waals surface area contributed by atoms with Crippen molar-refractivity contribution < 1.29 is 23.0 Å². The first-order chi connectivity index (χ1) is 6.63. The molecule has 0 saturated carbocycles. The topological polar surface area (TPSA) is 47.6 Å². The molecule has 2 atom stereocenters. The van der Waals surface area contributed by atoms with Crippen LogP contribution in [0.4, 0.5) is 8.78 Å². The van der Waals surface area contributed by atoms with E-state index in [1.165, 1.54) is 0 Å². The highest BCUT2D eigenvalue weighted by Gasteiger charge is 2.32. The van der Waals surface area contributed by atoms with Crippen LogP contribution in [0.1, 0.15) is 13.3 Å². The Hall–Kier alpha value is -0.750. The Morgan fingerprint density at radius 1 is 1.64 bits per heavy atom. The Morgan fingerprint density at radius 3 is 2.93 bits per heavy atom. The van der Waals surface area contributed by atoms with Crippen molar-refractivity contribution in [2.45, 2.75) is 32.1 Å². The number of carbonyl (C=O) groups is 1. The summed E-state index contributed by atoms with van der Waals surface area (Å²) >= 11 is 0. The van der Waals surface area contributed by atoms with E-state index < -0.39 is 24.7 Å². The summed E-state index contributed by atoms with van der Waals surface area (Å²) < 4.78 is 32.6. The number of hydrogen-bond acceptors (Lipinski definition) is 4. The maximum Gasteiger partial charge on any atom is 0.345 e. The second-order valence-electron chi connectivity index (χ2n) is 2.97. The minimum Gasteiger partial charge on any atom is -0.465 e. The molecule has 6 heteroatoms. The van der Waals surface area contributed by atoms with Gasteiger partial charge in [-0.25, -0.2) is 0 Å². The van der Waals surface area contributed by atoms with Crippen molar-refractivity contribution in [1.29, 1.82) is 0 Å². The lowest BCUT2D eigenvalue weighted by molar-refractivity contribution is -0.159. The van der Waals surface area contributed by atoms with Crippen LogP contribution >= 0.6 is 0 Å².